The summed E-state index contributed by atoms with van der Waals surface area (Å²) in [7, 11) is 2.97. The molecule has 0 unspecified atom stereocenters. The van der Waals surface area contributed by atoms with Gasteiger partial charge in [-0.3, -0.25) is 0 Å². The van der Waals surface area contributed by atoms with Crippen molar-refractivity contribution in [1.29, 1.82) is 0 Å². The minimum Gasteiger partial charge on any atom is -0.507 e. The fraction of sp³-hybridized carbons (Fsp3) is 0.429. The van der Waals surface area contributed by atoms with Crippen molar-refractivity contribution >= 4 is 28.9 Å². The molecule has 3 aromatic rings. The summed E-state index contributed by atoms with van der Waals surface area (Å²) in [5.41, 5.74) is -1.76. The standard InChI is InChI=1S/C35H37NO13/c1-14-9-17(44-4)11-19-18(14)5-6-23(37)25(19)32(41)48-30-21-12-22-16(7-8-35(22,43)24-13-45-34(42)47-24)10-20(21)31(29(30)40)49-33-26(36-3)28(39)27(38)15(2)46-33/h5-12,15,24,26-31,33,36-40,43H,13H2,1-4H3/t15-,24-,26-,27+,28-,29-,30-,31-,33-,35-/m1/s1/i7D,12D. The van der Waals surface area contributed by atoms with Gasteiger partial charge in [0.15, 0.2) is 18.5 Å². The number of likely N-dealkylation sites (N-methyl/N-ethyl adjacent to an activating group) is 1. The van der Waals surface area contributed by atoms with E-state index in [4.69, 9.17) is 29.8 Å². The van der Waals surface area contributed by atoms with Crippen molar-refractivity contribution in [1.82, 2.24) is 5.32 Å². The second-order valence-corrected chi connectivity index (χ2v) is 12.6. The first-order valence-corrected chi connectivity index (χ1v) is 15.7. The monoisotopic (exact) mass is 681 g/mol. The molecule has 2 fully saturated rings. The molecule has 2 saturated heterocycles. The van der Waals surface area contributed by atoms with Crippen molar-refractivity contribution < 1.29 is 66.3 Å². The lowest BCUT2D eigenvalue weighted by Gasteiger charge is -2.42. The maximum atomic E-state index is 14.1. The van der Waals surface area contributed by atoms with Gasteiger partial charge >= 0.3 is 12.1 Å². The molecule has 49 heavy (non-hydrogen) atoms. The van der Waals surface area contributed by atoms with Crippen LogP contribution in [0.15, 0.2) is 42.5 Å². The SMILES string of the molecule is [2H]C1=C[C@](O)([C@H]2COC(=O)O2)c2c1cc1c(c2[2H])[C@@H](OC(=O)c2c(O)ccc3c(C)cc(OC)cc23)[C@@H](O)[C@@H]1O[C@H]1O[C@H](C)[C@H](O)[C@H](O)[C@H]1NC. The number of ether oxygens (including phenoxy) is 6. The number of fused-ring (bicyclic) bond motifs is 3. The minimum atomic E-state index is -2.19. The largest absolute Gasteiger partial charge is 0.508 e. The number of phenolic OH excluding ortho intramolecular Hbond substituents is 1. The van der Waals surface area contributed by atoms with Gasteiger partial charge in [0.25, 0.3) is 0 Å². The van der Waals surface area contributed by atoms with Crippen LogP contribution in [-0.2, 0) is 29.3 Å². The van der Waals surface area contributed by atoms with Gasteiger partial charge in [-0.2, -0.15) is 0 Å². The highest BCUT2D eigenvalue weighted by Crippen LogP contribution is 2.50. The number of nitrogens with one attached hydrogen (secondary N) is 1. The zero-order chi connectivity index (χ0) is 36.7. The first kappa shape index (κ1) is 30.8. The van der Waals surface area contributed by atoms with Gasteiger partial charge in [-0.15, -0.1) is 0 Å². The van der Waals surface area contributed by atoms with Gasteiger partial charge in [0.1, 0.15) is 53.7 Å². The van der Waals surface area contributed by atoms with Crippen LogP contribution >= 0.6 is 0 Å². The molecule has 0 saturated carbocycles. The second kappa shape index (κ2) is 12.2. The number of hydrogen-bond donors (Lipinski definition) is 6. The molecule has 6 N–H and O–H groups in total. The molecule has 0 amide bonds. The number of phenols is 1. The van der Waals surface area contributed by atoms with E-state index in [-0.39, 0.29) is 40.5 Å². The number of aliphatic hydroxyl groups is 4. The van der Waals surface area contributed by atoms with Gasteiger partial charge in [-0.1, -0.05) is 12.1 Å². The fourth-order valence-corrected chi connectivity index (χ4v) is 7.01. The van der Waals surface area contributed by atoms with Crippen LogP contribution in [0, 0.1) is 6.92 Å². The number of carbonyl (C=O) groups excluding carboxylic acids is 2. The van der Waals surface area contributed by atoms with E-state index in [0.717, 1.165) is 11.6 Å². The third-order valence-corrected chi connectivity index (χ3v) is 9.70. The molecule has 0 spiro atoms. The summed E-state index contributed by atoms with van der Waals surface area (Å²) in [5.74, 6) is -1.08. The van der Waals surface area contributed by atoms with Gasteiger partial charge in [0.05, 0.1) is 22.0 Å². The third-order valence-electron chi connectivity index (χ3n) is 9.70. The zero-order valence-corrected chi connectivity index (χ0v) is 26.9. The Morgan fingerprint density at radius 1 is 1.08 bits per heavy atom. The maximum Gasteiger partial charge on any atom is 0.508 e. The number of aromatic hydroxyl groups is 1. The molecule has 7 rings (SSSR count). The number of rotatable bonds is 7. The summed E-state index contributed by atoms with van der Waals surface area (Å²) in [4.78, 5) is 25.9. The molecular weight excluding hydrogens is 642 g/mol. The Hall–Kier alpha value is -4.28. The number of aryl methyl sites for hydroxylation is 1. The van der Waals surface area contributed by atoms with Crippen LogP contribution in [0.3, 0.4) is 0 Å². The van der Waals surface area contributed by atoms with Crippen LogP contribution < -0.4 is 10.1 Å². The number of aliphatic hydroxyl groups excluding tert-OH is 3. The van der Waals surface area contributed by atoms with Crippen molar-refractivity contribution in [3.05, 3.63) is 75.8 Å². The van der Waals surface area contributed by atoms with Gasteiger partial charge < -0.3 is 59.3 Å². The molecule has 2 heterocycles. The van der Waals surface area contributed by atoms with E-state index in [1.54, 1.807) is 25.1 Å². The first-order valence-electron chi connectivity index (χ1n) is 16.7. The van der Waals surface area contributed by atoms with E-state index in [9.17, 15) is 36.5 Å². The Bertz CT molecular complexity index is 1970. The second-order valence-electron chi connectivity index (χ2n) is 12.6. The van der Waals surface area contributed by atoms with Crippen LogP contribution in [0.1, 0.15) is 60.0 Å². The topological polar surface area (TPSA) is 203 Å². The van der Waals surface area contributed by atoms with Crippen LogP contribution in [0.25, 0.3) is 16.8 Å². The highest BCUT2D eigenvalue weighted by Gasteiger charge is 2.52. The molecule has 2 aliphatic carbocycles. The fourth-order valence-electron chi connectivity index (χ4n) is 7.01. The van der Waals surface area contributed by atoms with E-state index in [2.05, 4.69) is 5.32 Å². The highest BCUT2D eigenvalue weighted by atomic mass is 16.8. The molecule has 14 nitrogen and oxygen atoms in total. The number of carbonyl (C=O) groups is 2. The third kappa shape index (κ3) is 5.31. The minimum absolute atomic E-state index is 0.0600. The van der Waals surface area contributed by atoms with E-state index < -0.39 is 84.6 Å². The number of hydrogen-bond acceptors (Lipinski definition) is 14. The van der Waals surface area contributed by atoms with Crippen LogP contribution in [0.2, 0.25) is 0 Å². The van der Waals surface area contributed by atoms with Crippen molar-refractivity contribution in [3.63, 3.8) is 0 Å². The predicted octanol–water partition coefficient (Wildman–Crippen LogP) is 2.00. The summed E-state index contributed by atoms with van der Waals surface area (Å²) in [5, 5.41) is 59.7. The quantitative estimate of drug-likeness (QED) is 0.198. The van der Waals surface area contributed by atoms with Gasteiger partial charge in [-0.05, 0) is 84.9 Å². The smallest absolute Gasteiger partial charge is 0.507 e. The lowest BCUT2D eigenvalue weighted by Crippen LogP contribution is -2.62. The normalized spacial score (nSPS) is 34.0. The van der Waals surface area contributed by atoms with Crippen molar-refractivity contribution in [2.75, 3.05) is 20.8 Å². The van der Waals surface area contributed by atoms with Gasteiger partial charge in [0.2, 0.25) is 0 Å². The van der Waals surface area contributed by atoms with E-state index in [1.807, 2.05) is 0 Å². The predicted molar refractivity (Wildman–Crippen MR) is 170 cm³/mol. The first-order chi connectivity index (χ1) is 24.2. The Morgan fingerprint density at radius 2 is 1.86 bits per heavy atom. The molecule has 3 aromatic carbocycles. The Balaban J connectivity index is 1.35. The molecule has 0 radical (unpaired) electrons. The summed E-state index contributed by atoms with van der Waals surface area (Å²) in [6.45, 7) is 2.95. The van der Waals surface area contributed by atoms with E-state index in [1.165, 1.54) is 33.2 Å². The van der Waals surface area contributed by atoms with Gasteiger partial charge in [0, 0.05) is 10.9 Å². The maximum absolute atomic E-state index is 14.1. The highest BCUT2D eigenvalue weighted by molar-refractivity contribution is 6.08. The molecule has 2 aliphatic heterocycles. The summed E-state index contributed by atoms with van der Waals surface area (Å²) >= 11 is 0. The van der Waals surface area contributed by atoms with Crippen LogP contribution in [0.4, 0.5) is 4.79 Å². The number of methoxy groups -OCH3 is 1. The summed E-state index contributed by atoms with van der Waals surface area (Å²) in [6, 6.07) is 6.03. The molecule has 10 atom stereocenters. The lowest BCUT2D eigenvalue weighted by molar-refractivity contribution is -0.283. The van der Waals surface area contributed by atoms with E-state index >= 15 is 0 Å². The van der Waals surface area contributed by atoms with Crippen molar-refractivity contribution in [2.45, 2.75) is 74.5 Å². The Morgan fingerprint density at radius 3 is 2.55 bits per heavy atom. The molecule has 4 aliphatic rings. The summed E-state index contributed by atoms with van der Waals surface area (Å²) in [6.07, 6.45) is -10.8. The molecule has 0 aromatic heterocycles. The van der Waals surface area contributed by atoms with Crippen LogP contribution in [-0.4, -0.2) is 101 Å². The number of benzene rings is 3. The molecule has 260 valence electrons. The van der Waals surface area contributed by atoms with Crippen LogP contribution in [0.5, 0.6) is 11.5 Å². The summed E-state index contributed by atoms with van der Waals surface area (Å²) < 4.78 is 51.6. The number of esters is 1. The van der Waals surface area contributed by atoms with E-state index in [0.29, 0.717) is 16.5 Å². The molecule has 14 heteroatoms. The molecular formula is C35H37NO13. The average Bonchev–Trinajstić information content (AvgIpc) is 3.72. The van der Waals surface area contributed by atoms with Crippen molar-refractivity contribution in [3.8, 4) is 11.5 Å². The number of cyclic esters (lactones) is 2. The van der Waals surface area contributed by atoms with Gasteiger partial charge in [-0.25, -0.2) is 9.59 Å². The van der Waals surface area contributed by atoms with Crippen molar-refractivity contribution in [2.24, 2.45) is 0 Å². The average molecular weight is 682 g/mol. The Labute approximate surface area is 283 Å². The zero-order valence-electron chi connectivity index (χ0n) is 28.9. The molecule has 0 bridgehead atoms. The Kier molecular flexibility index (Phi) is 7.69. The lowest BCUT2D eigenvalue weighted by atomic mass is 9.88.